The number of carbonyl (C=O) groups excluding carboxylic acids is 2. The average molecular weight is 311 g/mol. The number of rotatable bonds is 0. The van der Waals surface area contributed by atoms with Crippen molar-refractivity contribution in [3.8, 4) is 0 Å². The van der Waals surface area contributed by atoms with E-state index < -0.39 is 11.4 Å². The number of hydrogen-bond donors (Lipinski definition) is 0. The summed E-state index contributed by atoms with van der Waals surface area (Å²) in [5.74, 6) is 0.534. The Hall–Kier alpha value is -0.900. The molecule has 1 saturated heterocycles. The van der Waals surface area contributed by atoms with E-state index in [0.717, 1.165) is 19.4 Å². The van der Waals surface area contributed by atoms with Crippen molar-refractivity contribution < 1.29 is 14.3 Å². The molecule has 0 aromatic heterocycles. The van der Waals surface area contributed by atoms with Gasteiger partial charge in [0.2, 0.25) is 0 Å². The maximum Gasteiger partial charge on any atom is 0.319 e. The van der Waals surface area contributed by atoms with E-state index >= 15 is 0 Å². The number of hydrogen-bond acceptors (Lipinski definition) is 4. The number of cyclic esters (lactones) is 1. The van der Waals surface area contributed by atoms with Crippen molar-refractivity contribution in [2.75, 3.05) is 20.1 Å². The minimum absolute atomic E-state index is 0.00296. The van der Waals surface area contributed by atoms with Crippen LogP contribution in [0, 0.1) is 23.2 Å². The van der Waals surface area contributed by atoms with Crippen LogP contribution in [0.3, 0.4) is 0 Å². The highest BCUT2D eigenvalue weighted by molar-refractivity contribution is 6.03. The fourth-order valence-corrected chi connectivity index (χ4v) is 3.70. The van der Waals surface area contributed by atoms with E-state index in [1.54, 1.807) is 13.8 Å². The zero-order valence-electron chi connectivity index (χ0n) is 15.3. The Morgan fingerprint density at radius 2 is 1.59 bits per heavy atom. The van der Waals surface area contributed by atoms with Crippen molar-refractivity contribution in [1.82, 2.24) is 4.90 Å². The summed E-state index contributed by atoms with van der Waals surface area (Å²) in [4.78, 5) is 27.3. The third kappa shape index (κ3) is 5.08. The van der Waals surface area contributed by atoms with Crippen molar-refractivity contribution in [3.05, 3.63) is 0 Å². The normalized spacial score (nSPS) is 36.0. The van der Waals surface area contributed by atoms with Gasteiger partial charge in [-0.1, -0.05) is 20.8 Å². The zero-order chi connectivity index (χ0) is 17.1. The standard InChI is InChI=1S/C18H33NO3/c1-12-8-13(2)10-19(7)11-15(4)22-17(21)18(5,6)16(20)14(3)9-12/h12-15H,8-11H2,1-7H3. The van der Waals surface area contributed by atoms with E-state index in [0.29, 0.717) is 18.4 Å². The number of ketones is 1. The first-order chi connectivity index (χ1) is 10.0. The van der Waals surface area contributed by atoms with Gasteiger partial charge in [-0.15, -0.1) is 0 Å². The minimum Gasteiger partial charge on any atom is -0.461 e. The minimum atomic E-state index is -1.06. The van der Waals surface area contributed by atoms with Crippen molar-refractivity contribution >= 4 is 11.8 Å². The second kappa shape index (κ2) is 7.58. The molecular formula is C18H33NO3. The fourth-order valence-electron chi connectivity index (χ4n) is 3.70. The van der Waals surface area contributed by atoms with Crippen molar-refractivity contribution in [1.29, 1.82) is 0 Å². The monoisotopic (exact) mass is 311 g/mol. The van der Waals surface area contributed by atoms with Crippen LogP contribution in [0.4, 0.5) is 0 Å². The lowest BCUT2D eigenvalue weighted by Crippen LogP contribution is -2.41. The predicted octanol–water partition coefficient (Wildman–Crippen LogP) is 3.15. The molecule has 4 heteroatoms. The molecule has 0 radical (unpaired) electrons. The molecule has 1 heterocycles. The molecule has 0 amide bonds. The molecule has 0 aromatic carbocycles. The molecule has 1 aliphatic heterocycles. The van der Waals surface area contributed by atoms with Crippen LogP contribution in [-0.2, 0) is 14.3 Å². The van der Waals surface area contributed by atoms with E-state index in [9.17, 15) is 9.59 Å². The molecule has 0 N–H and O–H groups in total. The van der Waals surface area contributed by atoms with Crippen LogP contribution in [0.15, 0.2) is 0 Å². The summed E-state index contributed by atoms with van der Waals surface area (Å²) in [5, 5.41) is 0. The van der Waals surface area contributed by atoms with Gasteiger partial charge in [-0.25, -0.2) is 0 Å². The maximum absolute atomic E-state index is 12.7. The fraction of sp³-hybridized carbons (Fsp3) is 0.889. The quantitative estimate of drug-likeness (QED) is 0.509. The van der Waals surface area contributed by atoms with Gasteiger partial charge in [-0.3, -0.25) is 9.59 Å². The van der Waals surface area contributed by atoms with Gasteiger partial charge in [0.1, 0.15) is 11.5 Å². The Balaban J connectivity index is 2.98. The van der Waals surface area contributed by atoms with E-state index in [4.69, 9.17) is 4.74 Å². The van der Waals surface area contributed by atoms with Gasteiger partial charge in [0, 0.05) is 19.0 Å². The van der Waals surface area contributed by atoms with Crippen LogP contribution >= 0.6 is 0 Å². The molecule has 1 fully saturated rings. The first-order valence-electron chi connectivity index (χ1n) is 8.48. The largest absolute Gasteiger partial charge is 0.461 e. The van der Waals surface area contributed by atoms with Crippen LogP contribution in [0.5, 0.6) is 0 Å². The molecule has 22 heavy (non-hydrogen) atoms. The number of Topliss-reactive ketones (excluding diaryl/α,β-unsaturated/α-hetero) is 1. The van der Waals surface area contributed by atoms with E-state index in [2.05, 4.69) is 25.8 Å². The topological polar surface area (TPSA) is 46.6 Å². The second-order valence-electron chi connectivity index (χ2n) is 8.01. The highest BCUT2D eigenvalue weighted by Gasteiger charge is 2.41. The Morgan fingerprint density at radius 1 is 1.00 bits per heavy atom. The van der Waals surface area contributed by atoms with Gasteiger partial charge in [0.05, 0.1) is 0 Å². The summed E-state index contributed by atoms with van der Waals surface area (Å²) < 4.78 is 5.53. The molecule has 0 bridgehead atoms. The Morgan fingerprint density at radius 3 is 2.18 bits per heavy atom. The molecule has 4 nitrogen and oxygen atoms in total. The maximum atomic E-state index is 12.7. The SMILES string of the molecule is CC1CC(C)CN(C)CC(C)OC(=O)C(C)(C)C(=O)C(C)C1. The van der Waals surface area contributed by atoms with E-state index in [-0.39, 0.29) is 17.8 Å². The first kappa shape index (κ1) is 19.1. The molecule has 0 aromatic rings. The van der Waals surface area contributed by atoms with Gasteiger partial charge in [0.15, 0.2) is 5.78 Å². The number of likely N-dealkylation sites (N-methyl/N-ethyl adjacent to an activating group) is 1. The van der Waals surface area contributed by atoms with Crippen molar-refractivity contribution in [2.45, 2.75) is 60.5 Å². The molecule has 0 aliphatic carbocycles. The Labute approximate surface area is 135 Å². The summed E-state index contributed by atoms with van der Waals surface area (Å²) >= 11 is 0. The van der Waals surface area contributed by atoms with Crippen LogP contribution in [0.2, 0.25) is 0 Å². The lowest BCUT2D eigenvalue weighted by atomic mass is 9.78. The highest BCUT2D eigenvalue weighted by Crippen LogP contribution is 2.29. The number of ether oxygens (including phenoxy) is 1. The molecule has 1 rings (SSSR count). The molecule has 128 valence electrons. The molecule has 0 spiro atoms. The third-order valence-corrected chi connectivity index (χ3v) is 4.63. The Kier molecular flexibility index (Phi) is 6.60. The predicted molar refractivity (Wildman–Crippen MR) is 88.6 cm³/mol. The number of nitrogens with zero attached hydrogens (tertiary/aromatic N) is 1. The zero-order valence-corrected chi connectivity index (χ0v) is 15.3. The van der Waals surface area contributed by atoms with E-state index in [1.807, 2.05) is 13.8 Å². The molecule has 4 unspecified atom stereocenters. The summed E-state index contributed by atoms with van der Waals surface area (Å²) in [5.41, 5.74) is -1.06. The number of esters is 1. The highest BCUT2D eigenvalue weighted by atomic mass is 16.5. The van der Waals surface area contributed by atoms with Gasteiger partial charge in [-0.05, 0) is 52.5 Å². The molecule has 4 atom stereocenters. The van der Waals surface area contributed by atoms with Crippen molar-refractivity contribution in [2.24, 2.45) is 23.2 Å². The van der Waals surface area contributed by atoms with Gasteiger partial charge in [-0.2, -0.15) is 0 Å². The van der Waals surface area contributed by atoms with Crippen LogP contribution in [0.25, 0.3) is 0 Å². The summed E-state index contributed by atoms with van der Waals surface area (Å²) in [7, 11) is 2.06. The average Bonchev–Trinajstić information content (AvgIpc) is 2.35. The summed E-state index contributed by atoms with van der Waals surface area (Å²) in [6.45, 7) is 13.4. The lowest BCUT2D eigenvalue weighted by Gasteiger charge is -2.28. The van der Waals surface area contributed by atoms with E-state index in [1.165, 1.54) is 0 Å². The second-order valence-corrected chi connectivity index (χ2v) is 8.01. The molecular weight excluding hydrogens is 278 g/mol. The van der Waals surface area contributed by atoms with Gasteiger partial charge < -0.3 is 9.64 Å². The third-order valence-electron chi connectivity index (χ3n) is 4.63. The summed E-state index contributed by atoms with van der Waals surface area (Å²) in [6.07, 6.45) is 1.73. The van der Waals surface area contributed by atoms with Gasteiger partial charge >= 0.3 is 5.97 Å². The Bertz CT molecular complexity index is 405. The summed E-state index contributed by atoms with van der Waals surface area (Å²) in [6, 6.07) is 0. The molecule has 1 aliphatic rings. The van der Waals surface area contributed by atoms with Crippen molar-refractivity contribution in [3.63, 3.8) is 0 Å². The molecule has 0 saturated carbocycles. The number of carbonyl (C=O) groups is 2. The smallest absolute Gasteiger partial charge is 0.319 e. The van der Waals surface area contributed by atoms with Crippen LogP contribution < -0.4 is 0 Å². The van der Waals surface area contributed by atoms with Crippen LogP contribution in [-0.4, -0.2) is 42.9 Å². The van der Waals surface area contributed by atoms with Crippen LogP contribution in [0.1, 0.15) is 54.4 Å². The lowest BCUT2D eigenvalue weighted by molar-refractivity contribution is -0.164. The first-order valence-corrected chi connectivity index (χ1v) is 8.48. The van der Waals surface area contributed by atoms with Gasteiger partial charge in [0.25, 0.3) is 0 Å².